The van der Waals surface area contributed by atoms with Crippen molar-refractivity contribution < 1.29 is 0 Å². The summed E-state index contributed by atoms with van der Waals surface area (Å²) in [6.45, 7) is 5.82. The Morgan fingerprint density at radius 1 is 1.22 bits per heavy atom. The minimum absolute atomic E-state index is 0.503. The molecule has 0 unspecified atom stereocenters. The minimum atomic E-state index is 0.503. The first-order chi connectivity index (χ1) is 8.52. The van der Waals surface area contributed by atoms with E-state index >= 15 is 0 Å². The molecule has 0 aliphatic heterocycles. The Morgan fingerprint density at radius 3 is 2.50 bits per heavy atom. The van der Waals surface area contributed by atoms with E-state index in [-0.39, 0.29) is 0 Å². The van der Waals surface area contributed by atoms with Crippen LogP contribution >= 0.6 is 23.4 Å². The Bertz CT molecular complexity index is 581. The maximum atomic E-state index is 6.10. The van der Waals surface area contributed by atoms with Crippen molar-refractivity contribution in [2.45, 2.75) is 37.4 Å². The van der Waals surface area contributed by atoms with Crippen LogP contribution in [0, 0.1) is 13.8 Å². The summed E-state index contributed by atoms with van der Waals surface area (Å²) >= 11 is 7.56. The Kier molecular flexibility index (Phi) is 3.87. The lowest BCUT2D eigenvalue weighted by atomic mass is 10.3. The van der Waals surface area contributed by atoms with Crippen molar-refractivity contribution in [1.82, 2.24) is 24.7 Å². The molecule has 2 heterocycles. The molecule has 2 rings (SSSR count). The summed E-state index contributed by atoms with van der Waals surface area (Å²) in [6.07, 6.45) is 0.755. The Balaban J connectivity index is 2.39. The third-order valence-electron chi connectivity index (χ3n) is 2.64. The van der Waals surface area contributed by atoms with Crippen molar-refractivity contribution in [3.8, 4) is 0 Å². The molecule has 2 aromatic rings. The van der Waals surface area contributed by atoms with Crippen LogP contribution in [0.15, 0.2) is 10.2 Å². The van der Waals surface area contributed by atoms with Gasteiger partial charge in [-0.15, -0.1) is 10.2 Å². The SMILES string of the molecule is CCc1nc(Cl)c(C)c(Sc2nnc(C)n2C)n1. The highest BCUT2D eigenvalue weighted by Crippen LogP contribution is 2.30. The van der Waals surface area contributed by atoms with Crippen molar-refractivity contribution in [3.63, 3.8) is 0 Å². The molecule has 5 nitrogen and oxygen atoms in total. The van der Waals surface area contributed by atoms with Crippen LogP contribution in [0.1, 0.15) is 24.1 Å². The summed E-state index contributed by atoms with van der Waals surface area (Å²) in [6, 6.07) is 0. The summed E-state index contributed by atoms with van der Waals surface area (Å²) < 4.78 is 1.92. The Labute approximate surface area is 115 Å². The van der Waals surface area contributed by atoms with E-state index in [1.807, 2.05) is 32.4 Å². The number of halogens is 1. The average molecular weight is 284 g/mol. The highest BCUT2D eigenvalue weighted by atomic mass is 35.5. The molecule has 7 heteroatoms. The van der Waals surface area contributed by atoms with E-state index in [2.05, 4.69) is 20.2 Å². The monoisotopic (exact) mass is 283 g/mol. The van der Waals surface area contributed by atoms with Gasteiger partial charge in [0.2, 0.25) is 0 Å². The van der Waals surface area contributed by atoms with Crippen LogP contribution in [0.4, 0.5) is 0 Å². The van der Waals surface area contributed by atoms with Gasteiger partial charge in [0, 0.05) is 19.0 Å². The molecular weight excluding hydrogens is 270 g/mol. The second-order valence-corrected chi connectivity index (χ2v) is 5.22. The van der Waals surface area contributed by atoms with Gasteiger partial charge >= 0.3 is 0 Å². The van der Waals surface area contributed by atoms with Gasteiger partial charge in [0.05, 0.1) is 0 Å². The fraction of sp³-hybridized carbons (Fsp3) is 0.455. The maximum Gasteiger partial charge on any atom is 0.197 e. The molecule has 0 aliphatic rings. The van der Waals surface area contributed by atoms with E-state index in [0.717, 1.165) is 33.8 Å². The number of nitrogens with zero attached hydrogens (tertiary/aromatic N) is 5. The van der Waals surface area contributed by atoms with Gasteiger partial charge in [-0.25, -0.2) is 9.97 Å². The van der Waals surface area contributed by atoms with Crippen molar-refractivity contribution in [3.05, 3.63) is 22.4 Å². The third-order valence-corrected chi connectivity index (χ3v) is 4.14. The molecule has 96 valence electrons. The third kappa shape index (κ3) is 2.49. The molecule has 0 atom stereocenters. The maximum absolute atomic E-state index is 6.10. The predicted molar refractivity (Wildman–Crippen MR) is 71.0 cm³/mol. The molecule has 0 fully saturated rings. The van der Waals surface area contributed by atoms with Gasteiger partial charge in [0.1, 0.15) is 21.8 Å². The highest BCUT2D eigenvalue weighted by Gasteiger charge is 2.13. The fourth-order valence-electron chi connectivity index (χ4n) is 1.33. The summed E-state index contributed by atoms with van der Waals surface area (Å²) in [5, 5.41) is 10.3. The number of rotatable bonds is 3. The van der Waals surface area contributed by atoms with Crippen LogP contribution in [-0.4, -0.2) is 24.7 Å². The molecule has 2 aromatic heterocycles. The van der Waals surface area contributed by atoms with Crippen LogP contribution in [0.5, 0.6) is 0 Å². The Morgan fingerprint density at radius 2 is 1.94 bits per heavy atom. The van der Waals surface area contributed by atoms with E-state index < -0.39 is 0 Å². The quantitative estimate of drug-likeness (QED) is 0.811. The van der Waals surface area contributed by atoms with Gasteiger partial charge in [-0.3, -0.25) is 0 Å². The summed E-state index contributed by atoms with van der Waals surface area (Å²) in [5.41, 5.74) is 0.875. The van der Waals surface area contributed by atoms with Crippen LogP contribution < -0.4 is 0 Å². The van der Waals surface area contributed by atoms with Crippen molar-refractivity contribution in [1.29, 1.82) is 0 Å². The predicted octanol–water partition coefficient (Wildman–Crippen LogP) is 2.59. The van der Waals surface area contributed by atoms with E-state index in [0.29, 0.717) is 5.15 Å². The van der Waals surface area contributed by atoms with Crippen LogP contribution in [-0.2, 0) is 13.5 Å². The van der Waals surface area contributed by atoms with Crippen molar-refractivity contribution in [2.75, 3.05) is 0 Å². The zero-order valence-electron chi connectivity index (χ0n) is 10.7. The zero-order valence-corrected chi connectivity index (χ0v) is 12.3. The lowest BCUT2D eigenvalue weighted by Gasteiger charge is -2.07. The van der Waals surface area contributed by atoms with E-state index in [4.69, 9.17) is 11.6 Å². The normalized spacial score (nSPS) is 10.9. The van der Waals surface area contributed by atoms with Gasteiger partial charge in [-0.05, 0) is 25.6 Å². The van der Waals surface area contributed by atoms with Crippen LogP contribution in [0.2, 0.25) is 5.15 Å². The first kappa shape index (κ1) is 13.3. The molecule has 18 heavy (non-hydrogen) atoms. The molecule has 0 saturated heterocycles. The molecule has 0 aromatic carbocycles. The largest absolute Gasteiger partial charge is 0.309 e. The molecule has 0 radical (unpaired) electrons. The van der Waals surface area contributed by atoms with Crippen molar-refractivity contribution >= 4 is 23.4 Å². The number of hydrogen-bond acceptors (Lipinski definition) is 5. The highest BCUT2D eigenvalue weighted by molar-refractivity contribution is 7.99. The molecular formula is C11H14ClN5S. The molecule has 0 N–H and O–H groups in total. The van der Waals surface area contributed by atoms with Gasteiger partial charge in [-0.1, -0.05) is 18.5 Å². The second-order valence-electron chi connectivity index (χ2n) is 3.91. The molecule has 0 aliphatic carbocycles. The summed E-state index contributed by atoms with van der Waals surface area (Å²) in [7, 11) is 1.93. The lowest BCUT2D eigenvalue weighted by molar-refractivity contribution is 0.762. The fourth-order valence-corrected chi connectivity index (χ4v) is 2.50. The first-order valence-corrected chi connectivity index (χ1v) is 6.79. The standard InChI is InChI=1S/C11H14ClN5S/c1-5-8-13-9(12)6(2)10(14-8)18-11-16-15-7(3)17(11)4/h5H2,1-4H3. The van der Waals surface area contributed by atoms with E-state index in [1.165, 1.54) is 11.8 Å². The molecule has 0 saturated carbocycles. The second kappa shape index (κ2) is 5.24. The van der Waals surface area contributed by atoms with E-state index in [1.54, 1.807) is 0 Å². The van der Waals surface area contributed by atoms with Crippen LogP contribution in [0.3, 0.4) is 0 Å². The van der Waals surface area contributed by atoms with Crippen molar-refractivity contribution in [2.24, 2.45) is 7.05 Å². The Hall–Kier alpha value is -1.14. The summed E-state index contributed by atoms with van der Waals surface area (Å²) in [5.74, 6) is 1.61. The first-order valence-electron chi connectivity index (χ1n) is 5.59. The smallest absolute Gasteiger partial charge is 0.197 e. The van der Waals surface area contributed by atoms with Gasteiger partial charge < -0.3 is 4.57 Å². The van der Waals surface area contributed by atoms with Gasteiger partial charge in [-0.2, -0.15) is 0 Å². The number of aryl methyl sites for hydroxylation is 2. The summed E-state index contributed by atoms with van der Waals surface area (Å²) in [4.78, 5) is 8.70. The lowest BCUT2D eigenvalue weighted by Crippen LogP contribution is -2.00. The minimum Gasteiger partial charge on any atom is -0.309 e. The van der Waals surface area contributed by atoms with Crippen LogP contribution in [0.25, 0.3) is 0 Å². The topological polar surface area (TPSA) is 56.5 Å². The molecule has 0 bridgehead atoms. The molecule has 0 amide bonds. The van der Waals surface area contributed by atoms with Gasteiger partial charge in [0.25, 0.3) is 0 Å². The number of hydrogen-bond donors (Lipinski definition) is 0. The van der Waals surface area contributed by atoms with E-state index in [9.17, 15) is 0 Å². The zero-order chi connectivity index (χ0) is 13.3. The number of aromatic nitrogens is 5. The molecule has 0 spiro atoms. The average Bonchev–Trinajstić information content (AvgIpc) is 2.66. The van der Waals surface area contributed by atoms with Gasteiger partial charge in [0.15, 0.2) is 5.16 Å².